The molecule has 1 aromatic heterocycles. The summed E-state index contributed by atoms with van der Waals surface area (Å²) >= 11 is 1.69. The minimum atomic E-state index is 0.910. The second kappa shape index (κ2) is 9.14. The van der Waals surface area contributed by atoms with Crippen LogP contribution in [0.2, 0.25) is 0 Å². The van der Waals surface area contributed by atoms with Gasteiger partial charge in [0.1, 0.15) is 0 Å². The van der Waals surface area contributed by atoms with Crippen molar-refractivity contribution in [3.8, 4) is 0 Å². The van der Waals surface area contributed by atoms with E-state index in [1.54, 1.807) is 11.3 Å². The van der Waals surface area contributed by atoms with E-state index >= 15 is 0 Å². The van der Waals surface area contributed by atoms with Gasteiger partial charge in [0, 0.05) is 30.0 Å². The van der Waals surface area contributed by atoms with E-state index in [2.05, 4.69) is 84.8 Å². The molecule has 0 aliphatic heterocycles. The van der Waals surface area contributed by atoms with Gasteiger partial charge in [-0.15, -0.1) is 0 Å². The Labute approximate surface area is 149 Å². The van der Waals surface area contributed by atoms with E-state index in [0.717, 1.165) is 36.5 Å². The van der Waals surface area contributed by atoms with Gasteiger partial charge in [-0.25, -0.2) is 0 Å². The van der Waals surface area contributed by atoms with E-state index in [-0.39, 0.29) is 0 Å². The zero-order valence-corrected chi connectivity index (χ0v) is 15.4. The molecule has 3 heteroatoms. The number of hydrogen-bond donors (Lipinski definition) is 2. The van der Waals surface area contributed by atoms with Crippen LogP contribution in [0.15, 0.2) is 66.0 Å². The molecule has 0 fully saturated rings. The zero-order valence-electron chi connectivity index (χ0n) is 14.6. The zero-order chi connectivity index (χ0) is 17.4. The third-order valence-electron chi connectivity index (χ3n) is 3.85. The fourth-order valence-electron chi connectivity index (χ4n) is 2.47. The Hall–Kier alpha value is -2.26. The average Bonchev–Trinajstić information content (AvgIpc) is 3.09. The minimum absolute atomic E-state index is 0.910. The SMILES string of the molecule is C=C(NCCCN/C(C)=C/C(=C)c1ccccc1C)c1ccsc1. The molecule has 2 rings (SSSR count). The largest absolute Gasteiger partial charge is 0.388 e. The van der Waals surface area contributed by atoms with Gasteiger partial charge in [-0.1, -0.05) is 37.4 Å². The van der Waals surface area contributed by atoms with Gasteiger partial charge in [0.2, 0.25) is 0 Å². The van der Waals surface area contributed by atoms with Crippen molar-refractivity contribution in [3.63, 3.8) is 0 Å². The van der Waals surface area contributed by atoms with Gasteiger partial charge in [0.05, 0.1) is 0 Å². The molecular weight excluding hydrogens is 312 g/mol. The number of aryl methyl sites for hydroxylation is 1. The second-order valence-corrected chi connectivity index (χ2v) is 6.65. The molecule has 1 aromatic carbocycles. The van der Waals surface area contributed by atoms with Gasteiger partial charge in [0.15, 0.2) is 0 Å². The smallest absolute Gasteiger partial charge is 0.0349 e. The van der Waals surface area contributed by atoms with Crippen molar-refractivity contribution in [1.29, 1.82) is 0 Å². The molecule has 0 bridgehead atoms. The number of allylic oxidation sites excluding steroid dienone is 3. The Morgan fingerprint density at radius 2 is 1.88 bits per heavy atom. The molecule has 0 amide bonds. The summed E-state index contributed by atoms with van der Waals surface area (Å²) in [5.74, 6) is 0. The van der Waals surface area contributed by atoms with E-state index in [1.165, 1.54) is 16.7 Å². The summed E-state index contributed by atoms with van der Waals surface area (Å²) in [6.45, 7) is 14.3. The van der Waals surface area contributed by atoms with Crippen LogP contribution < -0.4 is 10.6 Å². The number of thiophene rings is 1. The molecule has 0 unspecified atom stereocenters. The lowest BCUT2D eigenvalue weighted by atomic mass is 10.0. The van der Waals surface area contributed by atoms with Gasteiger partial charge in [-0.05, 0) is 59.9 Å². The maximum absolute atomic E-state index is 4.18. The lowest BCUT2D eigenvalue weighted by Gasteiger charge is -2.11. The second-order valence-electron chi connectivity index (χ2n) is 5.87. The molecule has 2 N–H and O–H groups in total. The number of rotatable bonds is 9. The van der Waals surface area contributed by atoms with Crippen LogP contribution in [0.1, 0.15) is 30.0 Å². The fourth-order valence-corrected chi connectivity index (χ4v) is 3.15. The summed E-state index contributed by atoms with van der Waals surface area (Å²) in [5.41, 5.74) is 6.81. The summed E-state index contributed by atoms with van der Waals surface area (Å²) in [6, 6.07) is 10.4. The van der Waals surface area contributed by atoms with Crippen molar-refractivity contribution in [3.05, 3.63) is 82.7 Å². The molecule has 0 aliphatic carbocycles. The van der Waals surface area contributed by atoms with Crippen LogP contribution in [0.5, 0.6) is 0 Å². The van der Waals surface area contributed by atoms with Crippen molar-refractivity contribution in [2.45, 2.75) is 20.3 Å². The highest BCUT2D eigenvalue weighted by molar-refractivity contribution is 7.08. The maximum atomic E-state index is 4.18. The van der Waals surface area contributed by atoms with Gasteiger partial charge < -0.3 is 10.6 Å². The summed E-state index contributed by atoms with van der Waals surface area (Å²) in [6.07, 6.45) is 3.14. The van der Waals surface area contributed by atoms with Crippen LogP contribution in [-0.2, 0) is 0 Å². The highest BCUT2D eigenvalue weighted by atomic mass is 32.1. The summed E-state index contributed by atoms with van der Waals surface area (Å²) in [5, 5.41) is 11.0. The van der Waals surface area contributed by atoms with Crippen LogP contribution in [-0.4, -0.2) is 13.1 Å². The molecule has 2 aromatic rings. The molecular formula is C21H26N2S. The average molecular weight is 339 g/mol. The predicted molar refractivity (Wildman–Crippen MR) is 108 cm³/mol. The van der Waals surface area contributed by atoms with Crippen molar-refractivity contribution in [2.75, 3.05) is 13.1 Å². The quantitative estimate of drug-likeness (QED) is 0.484. The van der Waals surface area contributed by atoms with Crippen LogP contribution in [0.3, 0.4) is 0 Å². The molecule has 0 saturated carbocycles. The molecule has 0 spiro atoms. The standard InChI is InChI=1S/C21H26N2S/c1-16-8-5-6-9-21(16)17(2)14-18(3)22-11-7-12-23-19(4)20-10-13-24-15-20/h5-6,8-10,13-15,22-23H,2,4,7,11-12H2,1,3H3/b18-14+. The van der Waals surface area contributed by atoms with Crippen molar-refractivity contribution < 1.29 is 0 Å². The van der Waals surface area contributed by atoms with Crippen LogP contribution in [0.4, 0.5) is 0 Å². The van der Waals surface area contributed by atoms with Crippen molar-refractivity contribution >= 4 is 22.6 Å². The van der Waals surface area contributed by atoms with E-state index in [1.807, 2.05) is 0 Å². The molecule has 0 saturated heterocycles. The Bertz CT molecular complexity index is 711. The number of benzene rings is 1. The topological polar surface area (TPSA) is 24.1 Å². The Morgan fingerprint density at radius 3 is 2.58 bits per heavy atom. The Morgan fingerprint density at radius 1 is 1.12 bits per heavy atom. The Balaban J connectivity index is 1.71. The van der Waals surface area contributed by atoms with Crippen molar-refractivity contribution in [1.82, 2.24) is 10.6 Å². The van der Waals surface area contributed by atoms with Gasteiger partial charge in [-0.2, -0.15) is 11.3 Å². The molecule has 1 heterocycles. The normalized spacial score (nSPS) is 11.2. The fraction of sp³-hybridized carbons (Fsp3) is 0.238. The summed E-state index contributed by atoms with van der Waals surface area (Å²) in [4.78, 5) is 0. The first-order chi connectivity index (χ1) is 11.6. The van der Waals surface area contributed by atoms with Crippen molar-refractivity contribution in [2.24, 2.45) is 0 Å². The highest BCUT2D eigenvalue weighted by Crippen LogP contribution is 2.18. The van der Waals surface area contributed by atoms with E-state index in [4.69, 9.17) is 0 Å². The van der Waals surface area contributed by atoms with Gasteiger partial charge >= 0.3 is 0 Å². The predicted octanol–water partition coefficient (Wildman–Crippen LogP) is 5.21. The monoisotopic (exact) mass is 338 g/mol. The summed E-state index contributed by atoms with van der Waals surface area (Å²) < 4.78 is 0. The van der Waals surface area contributed by atoms with E-state index in [9.17, 15) is 0 Å². The first kappa shape index (κ1) is 18.1. The summed E-state index contributed by atoms with van der Waals surface area (Å²) in [7, 11) is 0. The van der Waals surface area contributed by atoms with Crippen LogP contribution in [0.25, 0.3) is 11.3 Å². The molecule has 24 heavy (non-hydrogen) atoms. The van der Waals surface area contributed by atoms with Crippen LogP contribution in [0, 0.1) is 6.92 Å². The van der Waals surface area contributed by atoms with Gasteiger partial charge in [0.25, 0.3) is 0 Å². The Kier molecular flexibility index (Phi) is 6.89. The highest BCUT2D eigenvalue weighted by Gasteiger charge is 2.01. The maximum Gasteiger partial charge on any atom is 0.0349 e. The molecule has 0 aliphatic rings. The van der Waals surface area contributed by atoms with Gasteiger partial charge in [-0.3, -0.25) is 0 Å². The molecule has 2 nitrogen and oxygen atoms in total. The lowest BCUT2D eigenvalue weighted by Crippen LogP contribution is -2.19. The molecule has 0 radical (unpaired) electrons. The number of nitrogens with one attached hydrogen (secondary N) is 2. The van der Waals surface area contributed by atoms with Crippen LogP contribution >= 0.6 is 11.3 Å². The molecule has 0 atom stereocenters. The lowest BCUT2D eigenvalue weighted by molar-refractivity contribution is 0.699. The minimum Gasteiger partial charge on any atom is -0.388 e. The third kappa shape index (κ3) is 5.43. The number of hydrogen-bond acceptors (Lipinski definition) is 3. The van der Waals surface area contributed by atoms with E-state index in [0.29, 0.717) is 0 Å². The first-order valence-electron chi connectivity index (χ1n) is 8.20. The molecule has 126 valence electrons. The third-order valence-corrected chi connectivity index (χ3v) is 4.53. The van der Waals surface area contributed by atoms with E-state index < -0.39 is 0 Å². The first-order valence-corrected chi connectivity index (χ1v) is 9.14.